The molecule has 3 fully saturated rings. The van der Waals surface area contributed by atoms with Gasteiger partial charge in [0.1, 0.15) is 12.8 Å². The summed E-state index contributed by atoms with van der Waals surface area (Å²) in [6, 6.07) is 0. The lowest BCUT2D eigenvalue weighted by molar-refractivity contribution is -0.202. The van der Waals surface area contributed by atoms with E-state index in [9.17, 15) is 24.7 Å². The first-order valence-corrected chi connectivity index (χ1v) is 12.4. The van der Waals surface area contributed by atoms with Gasteiger partial charge in [-0.2, -0.15) is 0 Å². The molecule has 0 heterocycles. The molecule has 35 heavy (non-hydrogen) atoms. The van der Waals surface area contributed by atoms with E-state index in [0.29, 0.717) is 6.42 Å². The molecule has 9 atom stereocenters. The quantitative estimate of drug-likeness (QED) is 0.395. The fourth-order valence-electron chi connectivity index (χ4n) is 7.60. The van der Waals surface area contributed by atoms with E-state index in [-0.39, 0.29) is 30.7 Å². The topological polar surface area (TPSA) is 113 Å². The van der Waals surface area contributed by atoms with E-state index in [4.69, 9.17) is 4.74 Å². The molecular weight excluding hydrogens is 460 g/mol. The van der Waals surface area contributed by atoms with Crippen LogP contribution in [0.3, 0.4) is 0 Å². The van der Waals surface area contributed by atoms with E-state index in [0.717, 1.165) is 6.08 Å². The summed E-state index contributed by atoms with van der Waals surface area (Å²) in [5.41, 5.74) is -2.46. The molecule has 0 bridgehead atoms. The molecule has 3 N–H and O–H groups in total. The third kappa shape index (κ3) is 4.09. The summed E-state index contributed by atoms with van der Waals surface area (Å²) in [5, 5.41) is 20.6. The number of ketones is 2. The number of hydrogen-bond acceptors (Lipinski definition) is 7. The number of Topliss-reactive ketones (excluding diaryl/α,β-unsaturated/α-hetero) is 1. The van der Waals surface area contributed by atoms with Gasteiger partial charge in [-0.05, 0) is 61.2 Å². The van der Waals surface area contributed by atoms with Crippen LogP contribution in [0.1, 0.15) is 53.9 Å². The number of rotatable bonds is 5. The van der Waals surface area contributed by atoms with Crippen LogP contribution in [0.4, 0.5) is 8.78 Å². The first-order chi connectivity index (χ1) is 16.4. The number of alkyl halides is 2. The second kappa shape index (κ2) is 9.82. The molecule has 0 aromatic carbocycles. The first kappa shape index (κ1) is 27.6. The number of esters is 1. The van der Waals surface area contributed by atoms with Gasteiger partial charge in [-0.1, -0.05) is 26.8 Å². The summed E-state index contributed by atoms with van der Waals surface area (Å²) < 4.78 is 37.4. The summed E-state index contributed by atoms with van der Waals surface area (Å²) in [4.78, 5) is 36.3. The zero-order valence-corrected chi connectivity index (χ0v) is 21.0. The van der Waals surface area contributed by atoms with Gasteiger partial charge in [0.15, 0.2) is 17.2 Å². The number of carbonyl (C=O) groups excluding carboxylic acids is 3. The van der Waals surface area contributed by atoms with Gasteiger partial charge in [-0.25, -0.2) is 14.3 Å². The van der Waals surface area contributed by atoms with Gasteiger partial charge in [0.05, 0.1) is 6.10 Å². The summed E-state index contributed by atoms with van der Waals surface area (Å²) >= 11 is 0. The van der Waals surface area contributed by atoms with Crippen molar-refractivity contribution in [2.24, 2.45) is 34.5 Å². The third-order valence-electron chi connectivity index (χ3n) is 8.92. The molecule has 4 aliphatic rings. The number of nitrogens with one attached hydrogen (secondary N) is 1. The van der Waals surface area contributed by atoms with E-state index in [2.05, 4.69) is 5.48 Å². The minimum Gasteiger partial charge on any atom is -0.458 e. The van der Waals surface area contributed by atoms with Crippen LogP contribution in [0.25, 0.3) is 0 Å². The van der Waals surface area contributed by atoms with Gasteiger partial charge in [0.2, 0.25) is 0 Å². The number of aliphatic hydroxyl groups excluding tert-OH is 1. The fraction of sp³-hybridized carbons (Fsp3) is 0.731. The lowest BCUT2D eigenvalue weighted by atomic mass is 9.45. The largest absolute Gasteiger partial charge is 0.458 e. The van der Waals surface area contributed by atoms with Crippen molar-refractivity contribution in [3.8, 4) is 0 Å². The Hall–Kier alpha value is -1.97. The maximum absolute atomic E-state index is 17.1. The molecule has 7 nitrogen and oxygen atoms in total. The molecule has 4 rings (SSSR count). The highest BCUT2D eigenvalue weighted by Gasteiger charge is 2.73. The standard InChI is InChI=1S/C24H31F2NO6.C2H6/c1-12(28)33-11-19(30)21-13(10-27-32)6-15-16-8-18(25)17-7-14(29)4-5-23(17,3)24(16,26)20(31)9-22(15,21)2;1-2/h4-5,7,13,15-16,18,20-21,27,31-32H,6,8-11H2,1-3H3;1-2H3/t13-,15?,16?,18-,20?,21?,22?,23?,24-;/m0./s1. The van der Waals surface area contributed by atoms with Crippen LogP contribution in [0.2, 0.25) is 0 Å². The number of carbonyl (C=O) groups is 3. The van der Waals surface area contributed by atoms with E-state index in [1.54, 1.807) is 6.92 Å². The number of aliphatic hydroxyl groups is 1. The highest BCUT2D eigenvalue weighted by Crippen LogP contribution is 2.70. The zero-order chi connectivity index (χ0) is 26.3. The molecule has 0 amide bonds. The maximum atomic E-state index is 17.1. The van der Waals surface area contributed by atoms with Crippen LogP contribution in [0, 0.1) is 34.5 Å². The fourth-order valence-corrected chi connectivity index (χ4v) is 7.60. The summed E-state index contributed by atoms with van der Waals surface area (Å²) in [5.74, 6) is -3.87. The molecule has 0 aromatic rings. The number of hydrogen-bond donors (Lipinski definition) is 3. The van der Waals surface area contributed by atoms with Crippen molar-refractivity contribution in [3.63, 3.8) is 0 Å². The van der Waals surface area contributed by atoms with E-state index in [1.807, 2.05) is 13.8 Å². The van der Waals surface area contributed by atoms with Crippen LogP contribution in [-0.4, -0.2) is 58.9 Å². The van der Waals surface area contributed by atoms with Crippen LogP contribution in [-0.2, 0) is 19.1 Å². The maximum Gasteiger partial charge on any atom is 0.303 e. The molecular formula is C26H37F2NO6. The lowest BCUT2D eigenvalue weighted by Gasteiger charge is -2.62. The molecule has 0 aliphatic heterocycles. The minimum atomic E-state index is -2.23. The Labute approximate surface area is 204 Å². The number of allylic oxidation sites excluding steroid dienone is 4. The molecule has 0 radical (unpaired) electrons. The predicted octanol–water partition coefficient (Wildman–Crippen LogP) is 3.28. The Balaban J connectivity index is 0.00000167. The molecule has 4 aliphatic carbocycles. The van der Waals surface area contributed by atoms with Gasteiger partial charge >= 0.3 is 5.97 Å². The molecule has 196 valence electrons. The van der Waals surface area contributed by atoms with Crippen molar-refractivity contribution in [1.82, 2.24) is 5.48 Å². The molecule has 3 saturated carbocycles. The third-order valence-corrected chi connectivity index (χ3v) is 8.92. The van der Waals surface area contributed by atoms with E-state index < -0.39 is 70.8 Å². The molecule has 6 unspecified atom stereocenters. The number of halogens is 2. The lowest BCUT2D eigenvalue weighted by Crippen LogP contribution is -2.68. The van der Waals surface area contributed by atoms with Crippen molar-refractivity contribution in [2.45, 2.75) is 71.8 Å². The Kier molecular flexibility index (Phi) is 7.75. The Bertz CT molecular complexity index is 937. The number of ether oxygens (including phenoxy) is 1. The van der Waals surface area contributed by atoms with Crippen molar-refractivity contribution < 1.29 is 38.2 Å². The van der Waals surface area contributed by atoms with Crippen LogP contribution in [0.5, 0.6) is 0 Å². The normalized spacial score (nSPS) is 43.7. The van der Waals surface area contributed by atoms with Crippen LogP contribution < -0.4 is 5.48 Å². The van der Waals surface area contributed by atoms with Crippen LogP contribution >= 0.6 is 0 Å². The van der Waals surface area contributed by atoms with Gasteiger partial charge in [-0.15, -0.1) is 0 Å². The first-order valence-electron chi connectivity index (χ1n) is 12.4. The highest BCUT2D eigenvalue weighted by atomic mass is 19.1. The van der Waals surface area contributed by atoms with Gasteiger partial charge < -0.3 is 15.1 Å². The number of hydroxylamine groups is 1. The summed E-state index contributed by atoms with van der Waals surface area (Å²) in [6.45, 7) is 8.12. The smallest absolute Gasteiger partial charge is 0.303 e. The van der Waals surface area contributed by atoms with E-state index in [1.165, 1.54) is 26.0 Å². The van der Waals surface area contributed by atoms with Gasteiger partial charge in [0, 0.05) is 30.7 Å². The van der Waals surface area contributed by atoms with Crippen molar-refractivity contribution in [2.75, 3.05) is 13.2 Å². The summed E-state index contributed by atoms with van der Waals surface area (Å²) in [7, 11) is 0. The minimum absolute atomic E-state index is 0.0467. The van der Waals surface area contributed by atoms with Gasteiger partial charge in [-0.3, -0.25) is 14.4 Å². The molecule has 9 heteroatoms. The second-order valence-electron chi connectivity index (χ2n) is 10.5. The van der Waals surface area contributed by atoms with Crippen molar-refractivity contribution >= 4 is 17.5 Å². The van der Waals surface area contributed by atoms with Crippen LogP contribution in [0.15, 0.2) is 23.8 Å². The number of fused-ring (bicyclic) bond motifs is 5. The molecule has 0 saturated heterocycles. The highest BCUT2D eigenvalue weighted by molar-refractivity contribution is 6.01. The second-order valence-corrected chi connectivity index (χ2v) is 10.5. The van der Waals surface area contributed by atoms with Crippen molar-refractivity contribution in [1.29, 1.82) is 0 Å². The Morgan fingerprint density at radius 2 is 1.89 bits per heavy atom. The molecule has 0 aromatic heterocycles. The Morgan fingerprint density at radius 3 is 2.49 bits per heavy atom. The average Bonchev–Trinajstić information content (AvgIpc) is 3.08. The van der Waals surface area contributed by atoms with Gasteiger partial charge in [0.25, 0.3) is 0 Å². The van der Waals surface area contributed by atoms with E-state index >= 15 is 8.78 Å². The monoisotopic (exact) mass is 497 g/mol. The summed E-state index contributed by atoms with van der Waals surface area (Å²) in [6.07, 6.45) is 0.754. The van der Waals surface area contributed by atoms with Crippen molar-refractivity contribution in [3.05, 3.63) is 23.8 Å². The molecule has 0 spiro atoms. The SMILES string of the molecule is CC.CC(=O)OCC(=O)C1[C@H](CNO)CC2C3C[C@H](F)C4=CC(=O)C=CC4(C)[C@@]3(F)C(O)CC21C. The average molecular weight is 498 g/mol. The zero-order valence-electron chi connectivity index (χ0n) is 21.0. The Morgan fingerprint density at radius 1 is 1.23 bits per heavy atom. The predicted molar refractivity (Wildman–Crippen MR) is 124 cm³/mol.